The molecule has 0 bridgehead atoms. The standard InChI is InChI=1S/C10H15N.ClH/c1-3-11-9(2)10-7-5-4-6-8-10;/h4-9,11H,3H2,1-2H3;1H. The third kappa shape index (κ3) is 3.24. The van der Waals surface area contributed by atoms with Crippen LogP contribution in [0.25, 0.3) is 0 Å². The minimum atomic E-state index is 0. The number of hydrogen-bond acceptors (Lipinski definition) is 1. The normalized spacial score (nSPS) is 11.8. The predicted molar refractivity (Wildman–Crippen MR) is 55.8 cm³/mol. The molecule has 1 nitrogen and oxygen atoms in total. The predicted octanol–water partition coefficient (Wildman–Crippen LogP) is 2.78. The summed E-state index contributed by atoms with van der Waals surface area (Å²) in [6.45, 7) is 5.33. The van der Waals surface area contributed by atoms with Crippen LogP contribution in [-0.2, 0) is 0 Å². The Morgan fingerprint density at radius 2 is 1.83 bits per heavy atom. The largest absolute Gasteiger partial charge is 0.310 e. The molecule has 0 aliphatic rings. The zero-order chi connectivity index (χ0) is 8.10. The van der Waals surface area contributed by atoms with Crippen LogP contribution < -0.4 is 5.32 Å². The minimum Gasteiger partial charge on any atom is -0.310 e. The van der Waals surface area contributed by atoms with Gasteiger partial charge in [0.05, 0.1) is 0 Å². The van der Waals surface area contributed by atoms with E-state index < -0.39 is 0 Å². The quantitative estimate of drug-likeness (QED) is 0.764. The molecular formula is C10H16ClN. The molecule has 1 N–H and O–H groups in total. The lowest BCUT2D eigenvalue weighted by Gasteiger charge is -2.11. The van der Waals surface area contributed by atoms with Gasteiger partial charge in [-0.05, 0) is 19.0 Å². The molecule has 0 aromatic heterocycles. The summed E-state index contributed by atoms with van der Waals surface area (Å²) in [7, 11) is 0. The molecule has 1 unspecified atom stereocenters. The Morgan fingerprint density at radius 3 is 2.33 bits per heavy atom. The van der Waals surface area contributed by atoms with Crippen LogP contribution in [0.3, 0.4) is 0 Å². The van der Waals surface area contributed by atoms with Crippen LogP contribution >= 0.6 is 12.4 Å². The molecule has 1 aromatic rings. The van der Waals surface area contributed by atoms with Gasteiger partial charge in [-0.3, -0.25) is 0 Å². The van der Waals surface area contributed by atoms with Crippen LogP contribution in [0.4, 0.5) is 0 Å². The molecule has 2 heteroatoms. The summed E-state index contributed by atoms with van der Waals surface area (Å²) in [4.78, 5) is 0. The molecular weight excluding hydrogens is 170 g/mol. The Morgan fingerprint density at radius 1 is 1.25 bits per heavy atom. The number of benzene rings is 1. The van der Waals surface area contributed by atoms with Crippen LogP contribution in [0, 0.1) is 0 Å². The smallest absolute Gasteiger partial charge is 0.0291 e. The Bertz CT molecular complexity index is 198. The second kappa shape index (κ2) is 6.04. The molecule has 1 atom stereocenters. The van der Waals surface area contributed by atoms with Crippen LogP contribution in [-0.4, -0.2) is 6.54 Å². The Kier molecular flexibility index (Phi) is 5.77. The Labute approximate surface area is 80.6 Å². The van der Waals surface area contributed by atoms with E-state index in [2.05, 4.69) is 43.4 Å². The van der Waals surface area contributed by atoms with E-state index in [1.165, 1.54) is 5.56 Å². The first kappa shape index (κ1) is 11.5. The third-order valence-corrected chi connectivity index (χ3v) is 1.81. The van der Waals surface area contributed by atoms with Crippen molar-refractivity contribution in [2.45, 2.75) is 19.9 Å². The number of hydrogen-bond donors (Lipinski definition) is 1. The van der Waals surface area contributed by atoms with Crippen LogP contribution in [0.1, 0.15) is 25.5 Å². The van der Waals surface area contributed by atoms with Gasteiger partial charge >= 0.3 is 0 Å². The highest BCUT2D eigenvalue weighted by molar-refractivity contribution is 5.85. The van der Waals surface area contributed by atoms with Crippen molar-refractivity contribution in [1.29, 1.82) is 0 Å². The van der Waals surface area contributed by atoms with Gasteiger partial charge in [0.15, 0.2) is 0 Å². The zero-order valence-electron chi connectivity index (χ0n) is 7.58. The summed E-state index contributed by atoms with van der Waals surface area (Å²) in [6.07, 6.45) is 0. The number of nitrogens with one attached hydrogen (secondary N) is 1. The van der Waals surface area contributed by atoms with E-state index in [0.29, 0.717) is 6.04 Å². The minimum absolute atomic E-state index is 0. The molecule has 0 amide bonds. The van der Waals surface area contributed by atoms with E-state index in [1.807, 2.05) is 6.07 Å². The van der Waals surface area contributed by atoms with Gasteiger partial charge in [0.2, 0.25) is 0 Å². The molecule has 0 spiro atoms. The van der Waals surface area contributed by atoms with E-state index in [9.17, 15) is 0 Å². The fourth-order valence-corrected chi connectivity index (χ4v) is 1.17. The fourth-order valence-electron chi connectivity index (χ4n) is 1.17. The van der Waals surface area contributed by atoms with Gasteiger partial charge in [-0.15, -0.1) is 12.4 Å². The molecule has 0 aliphatic heterocycles. The maximum atomic E-state index is 3.36. The summed E-state index contributed by atoms with van der Waals surface area (Å²) in [6, 6.07) is 11.0. The van der Waals surface area contributed by atoms with Crippen molar-refractivity contribution in [1.82, 2.24) is 5.32 Å². The lowest BCUT2D eigenvalue weighted by Crippen LogP contribution is -2.17. The molecule has 0 fully saturated rings. The lowest BCUT2D eigenvalue weighted by atomic mass is 10.1. The molecule has 0 heterocycles. The molecule has 0 saturated heterocycles. The summed E-state index contributed by atoms with van der Waals surface area (Å²) >= 11 is 0. The average molecular weight is 186 g/mol. The van der Waals surface area contributed by atoms with Gasteiger partial charge in [0.1, 0.15) is 0 Å². The highest BCUT2D eigenvalue weighted by atomic mass is 35.5. The van der Waals surface area contributed by atoms with Crippen molar-refractivity contribution in [3.8, 4) is 0 Å². The molecule has 1 rings (SSSR count). The summed E-state index contributed by atoms with van der Waals surface area (Å²) in [5.41, 5.74) is 1.36. The average Bonchev–Trinajstić information content (AvgIpc) is 2.07. The van der Waals surface area contributed by atoms with Crippen LogP contribution in [0.15, 0.2) is 30.3 Å². The van der Waals surface area contributed by atoms with Crippen molar-refractivity contribution in [2.75, 3.05) is 6.54 Å². The van der Waals surface area contributed by atoms with Crippen molar-refractivity contribution in [2.24, 2.45) is 0 Å². The van der Waals surface area contributed by atoms with Gasteiger partial charge in [-0.1, -0.05) is 37.3 Å². The molecule has 1 aromatic carbocycles. The second-order valence-corrected chi connectivity index (χ2v) is 2.69. The zero-order valence-corrected chi connectivity index (χ0v) is 8.40. The summed E-state index contributed by atoms with van der Waals surface area (Å²) in [5.74, 6) is 0. The van der Waals surface area contributed by atoms with Crippen molar-refractivity contribution in [3.63, 3.8) is 0 Å². The fraction of sp³-hybridized carbons (Fsp3) is 0.400. The number of halogens is 1. The molecule has 0 radical (unpaired) electrons. The summed E-state index contributed by atoms with van der Waals surface area (Å²) in [5, 5.41) is 3.36. The van der Waals surface area contributed by atoms with E-state index in [1.54, 1.807) is 0 Å². The molecule has 12 heavy (non-hydrogen) atoms. The van der Waals surface area contributed by atoms with E-state index in [4.69, 9.17) is 0 Å². The maximum absolute atomic E-state index is 3.36. The van der Waals surface area contributed by atoms with Gasteiger partial charge in [-0.25, -0.2) is 0 Å². The van der Waals surface area contributed by atoms with Gasteiger partial charge in [-0.2, -0.15) is 0 Å². The first-order chi connectivity index (χ1) is 5.34. The SMILES string of the molecule is CCNC(C)c1ccccc1.Cl. The monoisotopic (exact) mass is 185 g/mol. The highest BCUT2D eigenvalue weighted by Gasteiger charge is 1.99. The Hall–Kier alpha value is -0.530. The maximum Gasteiger partial charge on any atom is 0.0291 e. The second-order valence-electron chi connectivity index (χ2n) is 2.69. The number of rotatable bonds is 3. The van der Waals surface area contributed by atoms with Crippen molar-refractivity contribution in [3.05, 3.63) is 35.9 Å². The first-order valence-corrected chi connectivity index (χ1v) is 4.13. The first-order valence-electron chi connectivity index (χ1n) is 4.13. The topological polar surface area (TPSA) is 12.0 Å². The lowest BCUT2D eigenvalue weighted by molar-refractivity contribution is 0.598. The van der Waals surface area contributed by atoms with Crippen LogP contribution in [0.2, 0.25) is 0 Å². The van der Waals surface area contributed by atoms with Gasteiger partial charge < -0.3 is 5.32 Å². The van der Waals surface area contributed by atoms with E-state index in [0.717, 1.165) is 6.54 Å². The van der Waals surface area contributed by atoms with Gasteiger partial charge in [0.25, 0.3) is 0 Å². The summed E-state index contributed by atoms with van der Waals surface area (Å²) < 4.78 is 0. The van der Waals surface area contributed by atoms with E-state index >= 15 is 0 Å². The molecule has 0 aliphatic carbocycles. The van der Waals surface area contributed by atoms with E-state index in [-0.39, 0.29) is 12.4 Å². The molecule has 0 saturated carbocycles. The molecule has 68 valence electrons. The van der Waals surface area contributed by atoms with Crippen molar-refractivity contribution < 1.29 is 0 Å². The van der Waals surface area contributed by atoms with Crippen molar-refractivity contribution >= 4 is 12.4 Å². The van der Waals surface area contributed by atoms with Gasteiger partial charge in [0, 0.05) is 6.04 Å². The van der Waals surface area contributed by atoms with Crippen LogP contribution in [0.5, 0.6) is 0 Å². The highest BCUT2D eigenvalue weighted by Crippen LogP contribution is 2.09. The Balaban J connectivity index is 0.00000121. The third-order valence-electron chi connectivity index (χ3n) is 1.81.